The number of carbonyl (C=O) groups is 1. The highest BCUT2D eigenvalue weighted by molar-refractivity contribution is 5.73. The van der Waals surface area contributed by atoms with Crippen LogP contribution in [0.5, 0.6) is 0 Å². The fourth-order valence-corrected chi connectivity index (χ4v) is 2.57. The summed E-state index contributed by atoms with van der Waals surface area (Å²) in [6.07, 6.45) is 1.77. The number of hydrogen-bond donors (Lipinski definition) is 1. The zero-order valence-corrected chi connectivity index (χ0v) is 11.5. The predicted molar refractivity (Wildman–Crippen MR) is 73.2 cm³/mol. The second kappa shape index (κ2) is 6.49. The highest BCUT2D eigenvalue weighted by Crippen LogP contribution is 2.17. The van der Waals surface area contributed by atoms with E-state index in [0.29, 0.717) is 12.1 Å². The zero-order valence-electron chi connectivity index (χ0n) is 11.5. The van der Waals surface area contributed by atoms with Gasteiger partial charge in [0.05, 0.1) is 11.6 Å². The van der Waals surface area contributed by atoms with Crippen LogP contribution in [0.25, 0.3) is 0 Å². The van der Waals surface area contributed by atoms with Crippen molar-refractivity contribution in [3.05, 3.63) is 35.1 Å². The molecule has 1 saturated heterocycles. The summed E-state index contributed by atoms with van der Waals surface area (Å²) in [4.78, 5) is 13.2. The number of halogens is 1. The van der Waals surface area contributed by atoms with Crippen LogP contribution >= 0.6 is 0 Å². The Bertz CT molecular complexity index is 530. The minimum absolute atomic E-state index is 0.000321. The number of nitrogens with one attached hydrogen (secondary N) is 1. The molecule has 1 heterocycles. The van der Waals surface area contributed by atoms with E-state index in [1.54, 1.807) is 0 Å². The molecule has 1 amide bonds. The van der Waals surface area contributed by atoms with E-state index in [0.717, 1.165) is 31.5 Å². The highest BCUT2D eigenvalue weighted by Gasteiger charge is 2.20. The summed E-state index contributed by atoms with van der Waals surface area (Å²) in [7, 11) is 0. The zero-order chi connectivity index (χ0) is 14.5. The number of nitriles is 1. The van der Waals surface area contributed by atoms with Crippen molar-refractivity contribution in [1.29, 1.82) is 5.26 Å². The summed E-state index contributed by atoms with van der Waals surface area (Å²) in [6, 6.07) is 6.59. The summed E-state index contributed by atoms with van der Waals surface area (Å²) in [6.45, 7) is 3.78. The molecule has 0 radical (unpaired) electrons. The van der Waals surface area contributed by atoms with Crippen molar-refractivity contribution in [3.8, 4) is 6.07 Å². The van der Waals surface area contributed by atoms with Gasteiger partial charge in [-0.05, 0) is 36.6 Å². The lowest BCUT2D eigenvalue weighted by atomic mass is 10.0. The van der Waals surface area contributed by atoms with Crippen molar-refractivity contribution in [2.75, 3.05) is 13.1 Å². The average Bonchev–Trinajstić information content (AvgIpc) is 2.41. The number of piperidine rings is 1. The van der Waals surface area contributed by atoms with Gasteiger partial charge in [-0.2, -0.15) is 5.26 Å². The first-order valence-corrected chi connectivity index (χ1v) is 6.76. The molecule has 0 bridgehead atoms. The standard InChI is InChI=1S/C15H18FN3O/c1-11(20)18-15-4-6-19(7-5-15)10-13-8-14(16)3-2-12(13)9-17/h2-3,8,15H,4-7,10H2,1H3,(H,18,20). The van der Waals surface area contributed by atoms with Crippen LogP contribution in [0.1, 0.15) is 30.9 Å². The van der Waals surface area contributed by atoms with Gasteiger partial charge in [0, 0.05) is 32.6 Å². The molecule has 4 nitrogen and oxygen atoms in total. The SMILES string of the molecule is CC(=O)NC1CCN(Cc2cc(F)ccc2C#N)CC1. The maximum atomic E-state index is 13.3. The van der Waals surface area contributed by atoms with Crippen molar-refractivity contribution in [3.63, 3.8) is 0 Å². The van der Waals surface area contributed by atoms with E-state index >= 15 is 0 Å². The van der Waals surface area contributed by atoms with Gasteiger partial charge in [0.1, 0.15) is 5.82 Å². The Hall–Kier alpha value is -1.93. The van der Waals surface area contributed by atoms with E-state index in [2.05, 4.69) is 16.3 Å². The smallest absolute Gasteiger partial charge is 0.217 e. The van der Waals surface area contributed by atoms with Crippen LogP contribution in [-0.4, -0.2) is 29.9 Å². The topological polar surface area (TPSA) is 56.1 Å². The van der Waals surface area contributed by atoms with Gasteiger partial charge in [-0.1, -0.05) is 0 Å². The number of hydrogen-bond acceptors (Lipinski definition) is 3. The fourth-order valence-electron chi connectivity index (χ4n) is 2.57. The molecule has 1 aliphatic heterocycles. The highest BCUT2D eigenvalue weighted by atomic mass is 19.1. The second-order valence-electron chi connectivity index (χ2n) is 5.16. The Morgan fingerprint density at radius 3 is 2.80 bits per heavy atom. The molecule has 1 fully saturated rings. The van der Waals surface area contributed by atoms with E-state index in [1.165, 1.54) is 25.1 Å². The lowest BCUT2D eigenvalue weighted by Gasteiger charge is -2.32. The Morgan fingerprint density at radius 1 is 1.50 bits per heavy atom. The maximum Gasteiger partial charge on any atom is 0.217 e. The molecule has 5 heteroatoms. The van der Waals surface area contributed by atoms with Crippen LogP contribution < -0.4 is 5.32 Å². The summed E-state index contributed by atoms with van der Waals surface area (Å²) < 4.78 is 13.3. The Morgan fingerprint density at radius 2 is 2.20 bits per heavy atom. The number of benzene rings is 1. The monoisotopic (exact) mass is 275 g/mol. The summed E-state index contributed by atoms with van der Waals surface area (Å²) in [5.41, 5.74) is 1.25. The van der Waals surface area contributed by atoms with E-state index in [1.807, 2.05) is 0 Å². The molecule has 0 spiro atoms. The molecule has 106 valence electrons. The van der Waals surface area contributed by atoms with Crippen molar-refractivity contribution >= 4 is 5.91 Å². The first-order valence-electron chi connectivity index (χ1n) is 6.76. The molecule has 0 atom stereocenters. The van der Waals surface area contributed by atoms with E-state index in [-0.39, 0.29) is 17.8 Å². The fraction of sp³-hybridized carbons (Fsp3) is 0.467. The number of nitrogens with zero attached hydrogens (tertiary/aromatic N) is 2. The molecule has 2 rings (SSSR count). The number of likely N-dealkylation sites (tertiary alicyclic amines) is 1. The first-order chi connectivity index (χ1) is 9.58. The lowest BCUT2D eigenvalue weighted by Crippen LogP contribution is -2.43. The first kappa shape index (κ1) is 14.5. The summed E-state index contributed by atoms with van der Waals surface area (Å²) in [5.74, 6) is -0.313. The van der Waals surface area contributed by atoms with Gasteiger partial charge >= 0.3 is 0 Å². The van der Waals surface area contributed by atoms with Crippen LogP contribution in [0.3, 0.4) is 0 Å². The molecule has 0 aromatic heterocycles. The third-order valence-electron chi connectivity index (χ3n) is 3.58. The largest absolute Gasteiger partial charge is 0.354 e. The van der Waals surface area contributed by atoms with Gasteiger partial charge in [-0.15, -0.1) is 0 Å². The van der Waals surface area contributed by atoms with Crippen LogP contribution in [0.15, 0.2) is 18.2 Å². The van der Waals surface area contributed by atoms with Crippen LogP contribution in [0, 0.1) is 17.1 Å². The van der Waals surface area contributed by atoms with Crippen molar-refractivity contribution in [2.45, 2.75) is 32.4 Å². The number of rotatable bonds is 3. The third kappa shape index (κ3) is 3.78. The van der Waals surface area contributed by atoms with Crippen molar-refractivity contribution in [1.82, 2.24) is 10.2 Å². The second-order valence-corrected chi connectivity index (χ2v) is 5.16. The van der Waals surface area contributed by atoms with Crippen LogP contribution in [-0.2, 0) is 11.3 Å². The van der Waals surface area contributed by atoms with Crippen LogP contribution in [0.4, 0.5) is 4.39 Å². The van der Waals surface area contributed by atoms with Gasteiger partial charge in [-0.3, -0.25) is 9.69 Å². The predicted octanol–water partition coefficient (Wildman–Crippen LogP) is 1.80. The van der Waals surface area contributed by atoms with E-state index in [9.17, 15) is 9.18 Å². The van der Waals surface area contributed by atoms with Gasteiger partial charge in [0.15, 0.2) is 0 Å². The molecular weight excluding hydrogens is 257 g/mol. The van der Waals surface area contributed by atoms with E-state index < -0.39 is 0 Å². The molecule has 0 unspecified atom stereocenters. The van der Waals surface area contributed by atoms with Gasteiger partial charge < -0.3 is 5.32 Å². The maximum absolute atomic E-state index is 13.3. The molecule has 0 saturated carbocycles. The molecule has 1 N–H and O–H groups in total. The minimum Gasteiger partial charge on any atom is -0.354 e. The average molecular weight is 275 g/mol. The summed E-state index contributed by atoms with van der Waals surface area (Å²) in [5, 5.41) is 12.0. The van der Waals surface area contributed by atoms with Gasteiger partial charge in [0.25, 0.3) is 0 Å². The summed E-state index contributed by atoms with van der Waals surface area (Å²) >= 11 is 0. The van der Waals surface area contributed by atoms with E-state index in [4.69, 9.17) is 5.26 Å². The van der Waals surface area contributed by atoms with Crippen LogP contribution in [0.2, 0.25) is 0 Å². The number of carbonyl (C=O) groups excluding carboxylic acids is 1. The molecular formula is C15H18FN3O. The Balaban J connectivity index is 1.94. The quantitative estimate of drug-likeness (QED) is 0.915. The third-order valence-corrected chi connectivity index (χ3v) is 3.58. The Labute approximate surface area is 118 Å². The Kier molecular flexibility index (Phi) is 4.70. The molecule has 20 heavy (non-hydrogen) atoms. The van der Waals surface area contributed by atoms with Gasteiger partial charge in [0.2, 0.25) is 5.91 Å². The molecule has 1 aromatic rings. The molecule has 1 aromatic carbocycles. The van der Waals surface area contributed by atoms with Gasteiger partial charge in [-0.25, -0.2) is 4.39 Å². The normalized spacial score (nSPS) is 16.6. The van der Waals surface area contributed by atoms with Crippen molar-refractivity contribution in [2.24, 2.45) is 0 Å². The van der Waals surface area contributed by atoms with Crippen molar-refractivity contribution < 1.29 is 9.18 Å². The molecule has 0 aliphatic carbocycles. The molecule has 1 aliphatic rings. The lowest BCUT2D eigenvalue weighted by molar-refractivity contribution is -0.119. The minimum atomic E-state index is -0.313. The number of amides is 1.